The molecule has 1 fully saturated rings. The Morgan fingerprint density at radius 2 is 1.79 bits per heavy atom. The number of aromatic hydroxyl groups is 1. The number of imide groups is 1. The van der Waals surface area contributed by atoms with Crippen molar-refractivity contribution in [3.8, 4) is 23.3 Å². The number of amides is 2. The van der Waals surface area contributed by atoms with Crippen LogP contribution < -0.4 is 10.1 Å². The van der Waals surface area contributed by atoms with Gasteiger partial charge in [0.2, 0.25) is 0 Å². The summed E-state index contributed by atoms with van der Waals surface area (Å²) >= 11 is 0.808. The highest BCUT2D eigenvalue weighted by molar-refractivity contribution is 8.18. The van der Waals surface area contributed by atoms with Crippen LogP contribution in [0, 0.1) is 11.3 Å². The van der Waals surface area contributed by atoms with Gasteiger partial charge < -0.3 is 9.84 Å². The molecule has 0 atom stereocenters. The second kappa shape index (κ2) is 7.10. The molecule has 0 aromatic heterocycles. The van der Waals surface area contributed by atoms with Crippen LogP contribution in [0.4, 0.5) is 4.79 Å². The minimum atomic E-state index is -0.459. The number of nitrogens with one attached hydrogen (secondary N) is 1. The molecule has 1 heterocycles. The molecule has 28 heavy (non-hydrogen) atoms. The monoisotopic (exact) mass is 388 g/mol. The molecular weight excluding hydrogens is 376 g/mol. The number of carbonyl (C=O) groups is 2. The molecule has 0 aliphatic carbocycles. The van der Waals surface area contributed by atoms with Crippen molar-refractivity contribution >= 4 is 39.8 Å². The summed E-state index contributed by atoms with van der Waals surface area (Å²) in [6.07, 6.45) is 1.52. The number of benzene rings is 3. The van der Waals surface area contributed by atoms with E-state index in [0.717, 1.165) is 22.5 Å². The molecule has 2 amide bonds. The Kier molecular flexibility index (Phi) is 4.47. The molecule has 1 saturated heterocycles. The quantitative estimate of drug-likeness (QED) is 0.640. The zero-order valence-corrected chi connectivity index (χ0v) is 15.1. The third-order valence-corrected chi connectivity index (χ3v) is 4.96. The first-order chi connectivity index (χ1) is 13.5. The Morgan fingerprint density at radius 1 is 1.04 bits per heavy atom. The van der Waals surface area contributed by atoms with E-state index in [1.807, 2.05) is 24.3 Å². The molecule has 1 aliphatic rings. The molecule has 2 N–H and O–H groups in total. The number of phenolic OH excluding ortho intramolecular Hbond substituents is 1. The number of phenols is 1. The van der Waals surface area contributed by atoms with E-state index < -0.39 is 11.1 Å². The molecule has 0 unspecified atom stereocenters. The number of hydrogen-bond donors (Lipinski definition) is 2. The molecule has 0 saturated carbocycles. The summed E-state index contributed by atoms with van der Waals surface area (Å²) in [6.45, 7) is 0. The summed E-state index contributed by atoms with van der Waals surface area (Å²) in [7, 11) is 0. The van der Waals surface area contributed by atoms with Crippen LogP contribution in [0.15, 0.2) is 59.5 Å². The van der Waals surface area contributed by atoms with Crippen LogP contribution in [0.25, 0.3) is 16.8 Å². The molecule has 7 heteroatoms. The Balaban J connectivity index is 1.66. The fraction of sp³-hybridized carbons (Fsp3) is 0. The Morgan fingerprint density at radius 3 is 2.46 bits per heavy atom. The number of fused-ring (bicyclic) bond motifs is 1. The van der Waals surface area contributed by atoms with Crippen molar-refractivity contribution < 1.29 is 19.4 Å². The van der Waals surface area contributed by atoms with E-state index in [-0.39, 0.29) is 16.4 Å². The van der Waals surface area contributed by atoms with Gasteiger partial charge in [0.05, 0.1) is 16.5 Å². The lowest BCUT2D eigenvalue weighted by atomic mass is 10.0. The number of ether oxygens (including phenoxy) is 1. The number of thioether (sulfide) groups is 1. The molecule has 0 radical (unpaired) electrons. The minimum absolute atomic E-state index is 0.113. The highest BCUT2D eigenvalue weighted by Crippen LogP contribution is 2.37. The van der Waals surface area contributed by atoms with E-state index >= 15 is 0 Å². The number of nitrogens with zero attached hydrogens (tertiary/aromatic N) is 1. The maximum Gasteiger partial charge on any atom is 0.290 e. The van der Waals surface area contributed by atoms with Crippen LogP contribution in [0.5, 0.6) is 17.2 Å². The van der Waals surface area contributed by atoms with Gasteiger partial charge in [-0.2, -0.15) is 5.26 Å². The first-order valence-corrected chi connectivity index (χ1v) is 9.04. The lowest BCUT2D eigenvalue weighted by Gasteiger charge is -2.11. The smallest absolute Gasteiger partial charge is 0.290 e. The van der Waals surface area contributed by atoms with E-state index in [1.54, 1.807) is 24.3 Å². The summed E-state index contributed by atoms with van der Waals surface area (Å²) < 4.78 is 5.87. The van der Waals surface area contributed by atoms with Gasteiger partial charge in [0.15, 0.2) is 11.5 Å². The van der Waals surface area contributed by atoms with Crippen LogP contribution in [-0.2, 0) is 4.79 Å². The Bertz CT molecular complexity index is 1210. The van der Waals surface area contributed by atoms with Crippen molar-refractivity contribution in [3.05, 3.63) is 70.6 Å². The van der Waals surface area contributed by atoms with Crippen LogP contribution in [0.2, 0.25) is 0 Å². The molecule has 0 spiro atoms. The number of hydrogen-bond acceptors (Lipinski definition) is 6. The predicted octanol–water partition coefficient (Wildman–Crippen LogP) is 4.53. The van der Waals surface area contributed by atoms with Crippen molar-refractivity contribution in [2.75, 3.05) is 0 Å². The minimum Gasteiger partial charge on any atom is -0.504 e. The average Bonchev–Trinajstić information content (AvgIpc) is 3.01. The first-order valence-electron chi connectivity index (χ1n) is 8.23. The number of rotatable bonds is 3. The summed E-state index contributed by atoms with van der Waals surface area (Å²) in [5.74, 6) is 0.167. The molecule has 6 nitrogen and oxygen atoms in total. The Hall–Kier alpha value is -3.76. The maximum atomic E-state index is 11.6. The van der Waals surface area contributed by atoms with Gasteiger partial charge in [-0.15, -0.1) is 0 Å². The van der Waals surface area contributed by atoms with Gasteiger partial charge in [0.1, 0.15) is 5.75 Å². The fourth-order valence-electron chi connectivity index (χ4n) is 2.86. The van der Waals surface area contributed by atoms with Gasteiger partial charge >= 0.3 is 0 Å². The van der Waals surface area contributed by atoms with E-state index in [0.29, 0.717) is 16.9 Å². The topological polar surface area (TPSA) is 99.4 Å². The normalized spacial score (nSPS) is 14.9. The van der Waals surface area contributed by atoms with E-state index in [9.17, 15) is 20.0 Å². The highest BCUT2D eigenvalue weighted by atomic mass is 32.2. The zero-order chi connectivity index (χ0) is 19.7. The van der Waals surface area contributed by atoms with Gasteiger partial charge in [0.25, 0.3) is 11.1 Å². The van der Waals surface area contributed by atoms with Gasteiger partial charge in [-0.3, -0.25) is 14.9 Å². The van der Waals surface area contributed by atoms with E-state index in [4.69, 9.17) is 4.74 Å². The van der Waals surface area contributed by atoms with Gasteiger partial charge in [-0.05, 0) is 47.7 Å². The standard InChI is InChI=1S/C21H12N2O4S/c22-11-13-6-8-17(15-4-2-1-3-14(13)15)27-18-7-5-12(9-16(18)24)10-19-20(25)23-21(26)28-19/h1-10,24H,(H,23,25,26)/b19-10-. The van der Waals surface area contributed by atoms with E-state index in [2.05, 4.69) is 11.4 Å². The highest BCUT2D eigenvalue weighted by Gasteiger charge is 2.25. The van der Waals surface area contributed by atoms with Crippen LogP contribution in [0.1, 0.15) is 11.1 Å². The molecule has 136 valence electrons. The fourth-order valence-corrected chi connectivity index (χ4v) is 3.54. The maximum absolute atomic E-state index is 11.6. The lowest BCUT2D eigenvalue weighted by Crippen LogP contribution is -2.17. The SMILES string of the molecule is N#Cc1ccc(Oc2ccc(/C=C3\SC(=O)NC3=O)cc2O)c2ccccc12. The van der Waals surface area contributed by atoms with Crippen molar-refractivity contribution in [2.45, 2.75) is 0 Å². The van der Waals surface area contributed by atoms with Crippen molar-refractivity contribution in [1.82, 2.24) is 5.32 Å². The molecule has 1 aliphatic heterocycles. The lowest BCUT2D eigenvalue weighted by molar-refractivity contribution is -0.115. The van der Waals surface area contributed by atoms with Gasteiger partial charge in [0, 0.05) is 10.8 Å². The third-order valence-electron chi connectivity index (χ3n) is 4.15. The van der Waals surface area contributed by atoms with Crippen LogP contribution in [-0.4, -0.2) is 16.3 Å². The van der Waals surface area contributed by atoms with Crippen molar-refractivity contribution in [2.24, 2.45) is 0 Å². The molecule has 3 aromatic carbocycles. The number of carbonyl (C=O) groups excluding carboxylic acids is 2. The van der Waals surface area contributed by atoms with E-state index in [1.165, 1.54) is 12.1 Å². The third kappa shape index (κ3) is 3.29. The van der Waals surface area contributed by atoms with Gasteiger partial charge in [-0.25, -0.2) is 0 Å². The molecule has 4 rings (SSSR count). The van der Waals surface area contributed by atoms with Crippen LogP contribution >= 0.6 is 11.8 Å². The summed E-state index contributed by atoms with van der Waals surface area (Å²) in [4.78, 5) is 23.1. The zero-order valence-electron chi connectivity index (χ0n) is 14.3. The van der Waals surface area contributed by atoms with Crippen LogP contribution in [0.3, 0.4) is 0 Å². The average molecular weight is 388 g/mol. The first kappa shape index (κ1) is 17.6. The largest absolute Gasteiger partial charge is 0.504 e. The molecular formula is C21H12N2O4S. The molecule has 0 bridgehead atoms. The second-order valence-electron chi connectivity index (χ2n) is 5.95. The summed E-state index contributed by atoms with van der Waals surface area (Å²) in [5, 5.41) is 22.9. The van der Waals surface area contributed by atoms with Gasteiger partial charge in [-0.1, -0.05) is 30.3 Å². The van der Waals surface area contributed by atoms with Crippen molar-refractivity contribution in [3.63, 3.8) is 0 Å². The Labute approximate surface area is 164 Å². The van der Waals surface area contributed by atoms with Crippen molar-refractivity contribution in [1.29, 1.82) is 5.26 Å². The summed E-state index contributed by atoms with van der Waals surface area (Å²) in [6, 6.07) is 17.6. The predicted molar refractivity (Wildman–Crippen MR) is 106 cm³/mol. The number of nitriles is 1. The second-order valence-corrected chi connectivity index (χ2v) is 6.96. The summed E-state index contributed by atoms with van der Waals surface area (Å²) in [5.41, 5.74) is 1.10. The molecule has 3 aromatic rings.